The van der Waals surface area contributed by atoms with Gasteiger partial charge in [-0.2, -0.15) is 5.26 Å². The zero-order valence-electron chi connectivity index (χ0n) is 11.8. The summed E-state index contributed by atoms with van der Waals surface area (Å²) in [5, 5.41) is 9.09. The second-order valence-corrected chi connectivity index (χ2v) is 4.77. The number of nitrogens with zero attached hydrogens (tertiary/aromatic N) is 2. The summed E-state index contributed by atoms with van der Waals surface area (Å²) in [5.74, 6) is -1.08. The van der Waals surface area contributed by atoms with E-state index in [1.54, 1.807) is 12.1 Å². The molecule has 2 aromatic rings. The van der Waals surface area contributed by atoms with E-state index < -0.39 is 11.6 Å². The van der Waals surface area contributed by atoms with Crippen molar-refractivity contribution in [3.8, 4) is 6.07 Å². The Balaban J connectivity index is 2.20. The lowest BCUT2D eigenvalue weighted by atomic mass is 10.1. The summed E-state index contributed by atoms with van der Waals surface area (Å²) in [7, 11) is 0. The molecular weight excluding hydrogens is 270 g/mol. The van der Waals surface area contributed by atoms with Gasteiger partial charge in [-0.15, -0.1) is 0 Å². The molecule has 0 atom stereocenters. The lowest BCUT2D eigenvalue weighted by Gasteiger charge is -2.21. The highest BCUT2D eigenvalue weighted by Crippen LogP contribution is 2.17. The fourth-order valence-electron chi connectivity index (χ4n) is 2.19. The molecule has 108 valence electrons. The van der Waals surface area contributed by atoms with Crippen molar-refractivity contribution in [3.05, 3.63) is 70.8 Å². The summed E-state index contributed by atoms with van der Waals surface area (Å²) in [4.78, 5) is 1.90. The van der Waals surface area contributed by atoms with E-state index in [-0.39, 0.29) is 12.1 Å². The topological polar surface area (TPSA) is 27.0 Å². The molecule has 0 aliphatic heterocycles. The smallest absolute Gasteiger partial charge is 0.130 e. The highest BCUT2D eigenvalue weighted by Gasteiger charge is 2.14. The quantitative estimate of drug-likeness (QED) is 0.834. The summed E-state index contributed by atoms with van der Waals surface area (Å²) in [6.07, 6.45) is 0. The first-order valence-corrected chi connectivity index (χ1v) is 6.79. The Labute approximate surface area is 123 Å². The number of halogens is 2. The molecular formula is C17H16F2N2. The van der Waals surface area contributed by atoms with E-state index in [0.29, 0.717) is 18.7 Å². The Morgan fingerprint density at radius 3 is 2.29 bits per heavy atom. The Morgan fingerprint density at radius 2 is 1.67 bits per heavy atom. The van der Waals surface area contributed by atoms with E-state index in [4.69, 9.17) is 5.26 Å². The Kier molecular flexibility index (Phi) is 5.02. The number of hydrogen-bond donors (Lipinski definition) is 0. The average molecular weight is 286 g/mol. The number of nitriles is 1. The molecule has 0 amide bonds. The minimum atomic E-state index is -0.540. The van der Waals surface area contributed by atoms with Gasteiger partial charge in [0.2, 0.25) is 0 Å². The van der Waals surface area contributed by atoms with Crippen LogP contribution in [0.4, 0.5) is 8.78 Å². The van der Waals surface area contributed by atoms with Gasteiger partial charge in [0.25, 0.3) is 0 Å². The summed E-state index contributed by atoms with van der Waals surface area (Å²) in [6, 6.07) is 13.3. The van der Waals surface area contributed by atoms with Crippen LogP contribution in [0, 0.1) is 23.0 Å². The van der Waals surface area contributed by atoms with E-state index in [2.05, 4.69) is 6.07 Å². The largest absolute Gasteiger partial charge is 0.295 e. The lowest BCUT2D eigenvalue weighted by molar-refractivity contribution is 0.262. The van der Waals surface area contributed by atoms with Crippen LogP contribution in [0.3, 0.4) is 0 Å². The van der Waals surface area contributed by atoms with Crippen LogP contribution >= 0.6 is 0 Å². The first-order chi connectivity index (χ1) is 10.2. The molecule has 0 radical (unpaired) electrons. The molecule has 4 heteroatoms. The van der Waals surface area contributed by atoms with Crippen molar-refractivity contribution < 1.29 is 8.78 Å². The van der Waals surface area contributed by atoms with Crippen LogP contribution in [-0.2, 0) is 13.1 Å². The predicted octanol–water partition coefficient (Wildman–Crippen LogP) is 3.86. The van der Waals surface area contributed by atoms with E-state index >= 15 is 0 Å². The second kappa shape index (κ2) is 6.96. The van der Waals surface area contributed by atoms with E-state index in [0.717, 1.165) is 5.56 Å². The van der Waals surface area contributed by atoms with Crippen molar-refractivity contribution in [3.63, 3.8) is 0 Å². The summed E-state index contributed by atoms with van der Waals surface area (Å²) < 4.78 is 27.4. The number of rotatable bonds is 5. The molecule has 0 unspecified atom stereocenters. The van der Waals surface area contributed by atoms with Crippen molar-refractivity contribution in [2.24, 2.45) is 0 Å². The molecule has 21 heavy (non-hydrogen) atoms. The molecule has 0 N–H and O–H groups in total. The first kappa shape index (κ1) is 15.1. The Hall–Kier alpha value is -2.25. The van der Waals surface area contributed by atoms with Crippen LogP contribution < -0.4 is 0 Å². The molecule has 0 saturated heterocycles. The van der Waals surface area contributed by atoms with E-state index in [1.807, 2.05) is 24.0 Å². The lowest BCUT2D eigenvalue weighted by Crippen LogP contribution is -2.24. The average Bonchev–Trinajstić information content (AvgIpc) is 2.50. The van der Waals surface area contributed by atoms with Gasteiger partial charge < -0.3 is 0 Å². The van der Waals surface area contributed by atoms with Crippen molar-refractivity contribution in [1.29, 1.82) is 5.26 Å². The van der Waals surface area contributed by atoms with E-state index in [1.165, 1.54) is 18.2 Å². The van der Waals surface area contributed by atoms with Crippen molar-refractivity contribution >= 4 is 0 Å². The van der Waals surface area contributed by atoms with Crippen LogP contribution in [0.1, 0.15) is 23.6 Å². The van der Waals surface area contributed by atoms with Gasteiger partial charge in [-0.1, -0.05) is 31.2 Å². The maximum Gasteiger partial charge on any atom is 0.130 e. The fraction of sp³-hybridized carbons (Fsp3) is 0.235. The first-order valence-electron chi connectivity index (χ1n) is 6.79. The van der Waals surface area contributed by atoms with Crippen molar-refractivity contribution in [1.82, 2.24) is 4.90 Å². The van der Waals surface area contributed by atoms with E-state index in [9.17, 15) is 8.78 Å². The highest BCUT2D eigenvalue weighted by atomic mass is 19.1. The summed E-state index contributed by atoms with van der Waals surface area (Å²) >= 11 is 0. The minimum Gasteiger partial charge on any atom is -0.295 e. The molecule has 0 heterocycles. The number of benzene rings is 2. The molecule has 0 fully saturated rings. The molecule has 2 nitrogen and oxygen atoms in total. The third-order valence-electron chi connectivity index (χ3n) is 3.42. The predicted molar refractivity (Wildman–Crippen MR) is 77.3 cm³/mol. The molecule has 0 aliphatic carbocycles. The minimum absolute atomic E-state index is 0.0637. The third kappa shape index (κ3) is 3.65. The highest BCUT2D eigenvalue weighted by molar-refractivity contribution is 5.37. The zero-order chi connectivity index (χ0) is 15.2. The van der Waals surface area contributed by atoms with Crippen LogP contribution in [-0.4, -0.2) is 11.4 Å². The molecule has 2 aromatic carbocycles. The standard InChI is InChI=1S/C17H16F2N2/c1-2-21(11-14-7-4-3-6-13(14)10-20)12-15-16(18)8-5-9-17(15)19/h3-9H,2,11-12H2,1H3. The second-order valence-electron chi connectivity index (χ2n) is 4.77. The van der Waals surface area contributed by atoms with Gasteiger partial charge in [-0.3, -0.25) is 4.90 Å². The summed E-state index contributed by atoms with van der Waals surface area (Å²) in [5.41, 5.74) is 1.51. The molecule has 0 spiro atoms. The molecule has 0 bridgehead atoms. The molecule has 0 saturated carbocycles. The van der Waals surface area contributed by atoms with Gasteiger partial charge in [0.15, 0.2) is 0 Å². The van der Waals surface area contributed by atoms with Crippen LogP contribution in [0.5, 0.6) is 0 Å². The molecule has 2 rings (SSSR count). The van der Waals surface area contributed by atoms with Crippen LogP contribution in [0.15, 0.2) is 42.5 Å². The van der Waals surface area contributed by atoms with Gasteiger partial charge in [0.1, 0.15) is 11.6 Å². The van der Waals surface area contributed by atoms with Gasteiger partial charge in [0.05, 0.1) is 11.6 Å². The van der Waals surface area contributed by atoms with Gasteiger partial charge in [-0.25, -0.2) is 8.78 Å². The van der Waals surface area contributed by atoms with Crippen molar-refractivity contribution in [2.45, 2.75) is 20.0 Å². The maximum absolute atomic E-state index is 13.7. The van der Waals surface area contributed by atoms with Gasteiger partial charge in [-0.05, 0) is 30.3 Å². The summed E-state index contributed by atoms with van der Waals surface area (Å²) in [6.45, 7) is 3.21. The van der Waals surface area contributed by atoms with Crippen LogP contribution in [0.25, 0.3) is 0 Å². The Bertz CT molecular complexity index is 642. The molecule has 0 aliphatic rings. The monoisotopic (exact) mass is 286 g/mol. The van der Waals surface area contributed by atoms with Gasteiger partial charge >= 0.3 is 0 Å². The van der Waals surface area contributed by atoms with Crippen molar-refractivity contribution in [2.75, 3.05) is 6.54 Å². The SMILES string of the molecule is CCN(Cc1ccccc1C#N)Cc1c(F)cccc1F. The third-order valence-corrected chi connectivity index (χ3v) is 3.42. The van der Waals surface area contributed by atoms with Crippen LogP contribution in [0.2, 0.25) is 0 Å². The number of hydrogen-bond acceptors (Lipinski definition) is 2. The molecule has 0 aromatic heterocycles. The maximum atomic E-state index is 13.7. The van der Waals surface area contributed by atoms with Gasteiger partial charge in [0, 0.05) is 18.7 Å². The zero-order valence-corrected chi connectivity index (χ0v) is 11.8. The Morgan fingerprint density at radius 1 is 1.00 bits per heavy atom. The normalized spacial score (nSPS) is 10.6. The fourth-order valence-corrected chi connectivity index (χ4v) is 2.19.